The van der Waals surface area contributed by atoms with E-state index < -0.39 is 0 Å². The lowest BCUT2D eigenvalue weighted by Gasteiger charge is -2.17. The van der Waals surface area contributed by atoms with Gasteiger partial charge in [0.1, 0.15) is 17.7 Å². The zero-order valence-corrected chi connectivity index (χ0v) is 14.9. The van der Waals surface area contributed by atoms with Gasteiger partial charge in [0.05, 0.1) is 5.69 Å². The zero-order chi connectivity index (χ0) is 16.6. The lowest BCUT2D eigenvalue weighted by atomic mass is 9.92. The van der Waals surface area contributed by atoms with Gasteiger partial charge in [-0.3, -0.25) is 0 Å². The molecule has 1 N–H and O–H groups in total. The lowest BCUT2D eigenvalue weighted by molar-refractivity contribution is 0.567. The van der Waals surface area contributed by atoms with Crippen molar-refractivity contribution in [1.82, 2.24) is 19.7 Å². The van der Waals surface area contributed by atoms with E-state index in [1.54, 1.807) is 28.7 Å². The van der Waals surface area contributed by atoms with Crippen LogP contribution in [0, 0.1) is 13.8 Å². The van der Waals surface area contributed by atoms with Crippen molar-refractivity contribution < 1.29 is 0 Å². The molecule has 6 heteroatoms. The Morgan fingerprint density at radius 3 is 2.39 bits per heavy atom. The molecular formula is C17H21N5S. The molecule has 2 aromatic heterocycles. The topological polar surface area (TPSA) is 55.6 Å². The second kappa shape index (κ2) is 5.77. The van der Waals surface area contributed by atoms with Crippen molar-refractivity contribution in [2.24, 2.45) is 0 Å². The fourth-order valence-corrected chi connectivity index (χ4v) is 3.55. The summed E-state index contributed by atoms with van der Waals surface area (Å²) in [7, 11) is 0. The molecule has 0 amide bonds. The highest BCUT2D eigenvalue weighted by atomic mass is 32.1. The number of aromatic nitrogens is 4. The van der Waals surface area contributed by atoms with Crippen LogP contribution in [-0.2, 0) is 5.41 Å². The Balaban J connectivity index is 2.05. The van der Waals surface area contributed by atoms with Gasteiger partial charge < -0.3 is 5.32 Å². The molecule has 0 unspecified atom stereocenters. The second-order valence-electron chi connectivity index (χ2n) is 6.65. The van der Waals surface area contributed by atoms with Crippen LogP contribution in [0.3, 0.4) is 0 Å². The number of aryl methyl sites for hydroxylation is 2. The fraction of sp³-hybridized carbons (Fsp3) is 0.353. The maximum atomic E-state index is 4.83. The molecule has 3 aromatic rings. The second-order valence-corrected chi connectivity index (χ2v) is 7.63. The summed E-state index contributed by atoms with van der Waals surface area (Å²) < 4.78 is 1.79. The molecule has 120 valence electrons. The number of nitrogens with one attached hydrogen (secondary N) is 1. The molecule has 0 radical (unpaired) electrons. The SMILES string of the molecule is Cc1cccc(C)c1Nc1nc(C(C)(C)C)c(-n2cncn2)s1. The van der Waals surface area contributed by atoms with Crippen molar-refractivity contribution in [1.29, 1.82) is 0 Å². The first-order chi connectivity index (χ1) is 10.9. The van der Waals surface area contributed by atoms with E-state index in [2.05, 4.69) is 68.2 Å². The normalized spacial score (nSPS) is 11.7. The van der Waals surface area contributed by atoms with Crippen LogP contribution in [0.2, 0.25) is 0 Å². The molecule has 0 saturated heterocycles. The monoisotopic (exact) mass is 327 g/mol. The molecular weight excluding hydrogens is 306 g/mol. The summed E-state index contributed by atoms with van der Waals surface area (Å²) >= 11 is 1.59. The minimum atomic E-state index is -0.0709. The highest BCUT2D eigenvalue weighted by molar-refractivity contribution is 7.18. The number of benzene rings is 1. The summed E-state index contributed by atoms with van der Waals surface area (Å²) in [6, 6.07) is 6.27. The van der Waals surface area contributed by atoms with Gasteiger partial charge in [0.25, 0.3) is 0 Å². The Hall–Kier alpha value is -2.21. The first kappa shape index (κ1) is 15.7. The van der Waals surface area contributed by atoms with E-state index in [1.807, 2.05) is 0 Å². The Kier molecular flexibility index (Phi) is 3.93. The standard InChI is InChI=1S/C17H21N5S/c1-11-7-6-8-12(2)13(11)20-16-21-14(17(3,4)5)15(23-16)22-10-18-9-19-22/h6-10H,1-5H3,(H,20,21). The number of hydrogen-bond acceptors (Lipinski definition) is 5. The van der Waals surface area contributed by atoms with Gasteiger partial charge in [0.2, 0.25) is 0 Å². The number of thiazole rings is 1. The number of para-hydroxylation sites is 1. The predicted octanol–water partition coefficient (Wildman–Crippen LogP) is 4.38. The van der Waals surface area contributed by atoms with Crippen molar-refractivity contribution in [2.45, 2.75) is 40.0 Å². The molecule has 0 saturated carbocycles. The average molecular weight is 327 g/mol. The highest BCUT2D eigenvalue weighted by Crippen LogP contribution is 2.36. The molecule has 0 bridgehead atoms. The Labute approximate surface area is 140 Å². The van der Waals surface area contributed by atoms with Gasteiger partial charge >= 0.3 is 0 Å². The number of anilines is 2. The Bertz CT molecular complexity index is 792. The first-order valence-corrected chi connectivity index (χ1v) is 8.37. The predicted molar refractivity (Wildman–Crippen MR) is 94.9 cm³/mol. The summed E-state index contributed by atoms with van der Waals surface area (Å²) in [5, 5.41) is 9.62. The van der Waals surface area contributed by atoms with Crippen LogP contribution < -0.4 is 5.32 Å². The van der Waals surface area contributed by atoms with Crippen LogP contribution in [-0.4, -0.2) is 19.7 Å². The lowest BCUT2D eigenvalue weighted by Crippen LogP contribution is -2.15. The van der Waals surface area contributed by atoms with E-state index in [-0.39, 0.29) is 5.41 Å². The number of hydrogen-bond donors (Lipinski definition) is 1. The van der Waals surface area contributed by atoms with Crippen molar-refractivity contribution in [3.63, 3.8) is 0 Å². The van der Waals surface area contributed by atoms with E-state index >= 15 is 0 Å². The third-order valence-corrected chi connectivity index (χ3v) is 4.62. The van der Waals surface area contributed by atoms with E-state index in [1.165, 1.54) is 11.1 Å². The first-order valence-electron chi connectivity index (χ1n) is 7.56. The number of nitrogens with zero attached hydrogens (tertiary/aromatic N) is 4. The fourth-order valence-electron chi connectivity index (χ4n) is 2.44. The smallest absolute Gasteiger partial charge is 0.189 e. The van der Waals surface area contributed by atoms with E-state index in [0.717, 1.165) is 21.5 Å². The summed E-state index contributed by atoms with van der Waals surface area (Å²) in [5.74, 6) is 0. The van der Waals surface area contributed by atoms with Crippen LogP contribution in [0.4, 0.5) is 10.8 Å². The van der Waals surface area contributed by atoms with E-state index in [0.29, 0.717) is 0 Å². The van der Waals surface area contributed by atoms with Gasteiger partial charge in [0.15, 0.2) is 5.13 Å². The summed E-state index contributed by atoms with van der Waals surface area (Å²) in [5.41, 5.74) is 4.48. The van der Waals surface area contributed by atoms with Gasteiger partial charge in [-0.1, -0.05) is 50.3 Å². The summed E-state index contributed by atoms with van der Waals surface area (Å²) in [6.07, 6.45) is 3.26. The van der Waals surface area contributed by atoms with Crippen molar-refractivity contribution in [3.8, 4) is 5.00 Å². The molecule has 23 heavy (non-hydrogen) atoms. The van der Waals surface area contributed by atoms with E-state index in [9.17, 15) is 0 Å². The van der Waals surface area contributed by atoms with E-state index in [4.69, 9.17) is 4.98 Å². The number of rotatable bonds is 3. The quantitative estimate of drug-likeness (QED) is 0.775. The highest BCUT2D eigenvalue weighted by Gasteiger charge is 2.25. The summed E-state index contributed by atoms with van der Waals surface area (Å²) in [4.78, 5) is 8.89. The van der Waals surface area contributed by atoms with Crippen molar-refractivity contribution in [3.05, 3.63) is 47.7 Å². The van der Waals surface area contributed by atoms with Crippen LogP contribution in [0.5, 0.6) is 0 Å². The molecule has 0 fully saturated rings. The molecule has 1 aromatic carbocycles. The molecule has 2 heterocycles. The third-order valence-electron chi connectivity index (χ3n) is 3.66. The van der Waals surface area contributed by atoms with Crippen LogP contribution >= 0.6 is 11.3 Å². The Morgan fingerprint density at radius 1 is 1.13 bits per heavy atom. The average Bonchev–Trinajstić information content (AvgIpc) is 3.11. The minimum Gasteiger partial charge on any atom is -0.331 e. The third kappa shape index (κ3) is 3.12. The van der Waals surface area contributed by atoms with Gasteiger partial charge in [-0.2, -0.15) is 5.10 Å². The minimum absolute atomic E-state index is 0.0709. The molecule has 0 aliphatic carbocycles. The summed E-state index contributed by atoms with van der Waals surface area (Å²) in [6.45, 7) is 10.7. The molecule has 3 rings (SSSR count). The van der Waals surface area contributed by atoms with Gasteiger partial charge in [-0.25, -0.2) is 14.6 Å². The molecule has 0 aliphatic rings. The molecule has 0 spiro atoms. The van der Waals surface area contributed by atoms with Crippen molar-refractivity contribution in [2.75, 3.05) is 5.32 Å². The van der Waals surface area contributed by atoms with Crippen LogP contribution in [0.1, 0.15) is 37.6 Å². The maximum absolute atomic E-state index is 4.83. The molecule has 0 aliphatic heterocycles. The largest absolute Gasteiger partial charge is 0.331 e. The zero-order valence-electron chi connectivity index (χ0n) is 14.1. The molecule has 0 atom stereocenters. The molecule has 5 nitrogen and oxygen atoms in total. The van der Waals surface area contributed by atoms with Crippen LogP contribution in [0.15, 0.2) is 30.9 Å². The maximum Gasteiger partial charge on any atom is 0.189 e. The van der Waals surface area contributed by atoms with Crippen molar-refractivity contribution >= 4 is 22.2 Å². The van der Waals surface area contributed by atoms with Crippen LogP contribution in [0.25, 0.3) is 5.00 Å². The van der Waals surface area contributed by atoms with Gasteiger partial charge in [-0.05, 0) is 25.0 Å². The van der Waals surface area contributed by atoms with Gasteiger partial charge in [-0.15, -0.1) is 0 Å². The van der Waals surface area contributed by atoms with Gasteiger partial charge in [0, 0.05) is 11.1 Å². The Morgan fingerprint density at radius 2 is 1.83 bits per heavy atom.